The average Bonchev–Trinajstić information content (AvgIpc) is 3.57. The van der Waals surface area contributed by atoms with Crippen LogP contribution in [0.4, 0.5) is 15.7 Å². The summed E-state index contributed by atoms with van der Waals surface area (Å²) in [6.07, 6.45) is 3.58. The van der Waals surface area contributed by atoms with Crippen molar-refractivity contribution in [2.45, 2.75) is 58.4 Å². The summed E-state index contributed by atoms with van der Waals surface area (Å²) in [5.74, 6) is 0.527. The molecule has 0 bridgehead atoms. The second kappa shape index (κ2) is 15.6. The van der Waals surface area contributed by atoms with Gasteiger partial charge in [-0.1, -0.05) is 65.9 Å². The van der Waals surface area contributed by atoms with Crippen molar-refractivity contribution in [3.8, 4) is 0 Å². The number of rotatable bonds is 14. The third kappa shape index (κ3) is 9.78. The molecule has 0 radical (unpaired) electrons. The molecule has 2 aromatic carbocycles. The third-order valence-corrected chi connectivity index (χ3v) is 7.81. The number of alkyl carbamates (subject to hydrolysis) is 1. The van der Waals surface area contributed by atoms with E-state index in [1.54, 1.807) is 6.92 Å². The molecular weight excluding hydrogens is 564 g/mol. The van der Waals surface area contributed by atoms with Crippen LogP contribution < -0.4 is 16.0 Å². The van der Waals surface area contributed by atoms with Gasteiger partial charge in [0.1, 0.15) is 10.8 Å². The van der Waals surface area contributed by atoms with Crippen LogP contribution in [0.1, 0.15) is 60.1 Å². The van der Waals surface area contributed by atoms with Crippen LogP contribution in [0.15, 0.2) is 66.7 Å². The largest absolute Gasteiger partial charge is 0.450 e. The number of benzene rings is 2. The van der Waals surface area contributed by atoms with Gasteiger partial charge in [-0.25, -0.2) is 4.79 Å². The summed E-state index contributed by atoms with van der Waals surface area (Å²) < 4.78 is 6.96. The number of ether oxygens (including phenoxy) is 1. The lowest BCUT2D eigenvalue weighted by atomic mass is 10.0. The molecule has 43 heavy (non-hydrogen) atoms. The summed E-state index contributed by atoms with van der Waals surface area (Å²) in [5, 5.41) is 18.4. The predicted molar refractivity (Wildman–Crippen MR) is 168 cm³/mol. The lowest BCUT2D eigenvalue weighted by Crippen LogP contribution is -2.27. The van der Waals surface area contributed by atoms with Crippen molar-refractivity contribution in [2.75, 3.05) is 17.2 Å². The van der Waals surface area contributed by atoms with Gasteiger partial charge in [-0.2, -0.15) is 0 Å². The highest BCUT2D eigenvalue weighted by Crippen LogP contribution is 2.20. The molecule has 3 N–H and O–H groups in total. The van der Waals surface area contributed by atoms with Crippen molar-refractivity contribution in [2.24, 2.45) is 7.05 Å². The number of anilines is 2. The molecule has 1 unspecified atom stereocenters. The minimum atomic E-state index is -0.466. The number of carbonyl (C=O) groups is 3. The van der Waals surface area contributed by atoms with Crippen LogP contribution in [-0.2, 0) is 47.1 Å². The fourth-order valence-corrected chi connectivity index (χ4v) is 5.44. The summed E-state index contributed by atoms with van der Waals surface area (Å²) >= 11 is 1.41. The lowest BCUT2D eigenvalue weighted by molar-refractivity contribution is -0.116. The van der Waals surface area contributed by atoms with E-state index in [-0.39, 0.29) is 24.3 Å². The van der Waals surface area contributed by atoms with Crippen LogP contribution >= 0.6 is 11.3 Å². The van der Waals surface area contributed by atoms with Crippen molar-refractivity contribution < 1.29 is 19.1 Å². The molecule has 4 rings (SSSR count). The molecule has 1 atom stereocenters. The molecule has 0 spiro atoms. The first-order valence-corrected chi connectivity index (χ1v) is 15.2. The number of nitrogens with zero attached hydrogens (tertiary/aromatic N) is 3. The highest BCUT2D eigenvalue weighted by molar-refractivity contribution is 7.15. The smallest absolute Gasteiger partial charge is 0.407 e. The maximum absolute atomic E-state index is 12.8. The normalized spacial score (nSPS) is 11.5. The molecule has 226 valence electrons. The topological polar surface area (TPSA) is 127 Å². The highest BCUT2D eigenvalue weighted by Gasteiger charge is 2.14. The van der Waals surface area contributed by atoms with Gasteiger partial charge in [-0.3, -0.25) is 9.59 Å². The van der Waals surface area contributed by atoms with Crippen molar-refractivity contribution in [1.82, 2.24) is 20.1 Å². The van der Waals surface area contributed by atoms with E-state index in [9.17, 15) is 14.4 Å². The fourth-order valence-electron chi connectivity index (χ4n) is 4.64. The maximum Gasteiger partial charge on any atom is 0.407 e. The molecule has 2 aromatic heterocycles. The lowest BCUT2D eigenvalue weighted by Gasteiger charge is -2.15. The second-order valence-corrected chi connectivity index (χ2v) is 11.3. The number of hydrogen-bond donors (Lipinski definition) is 3. The Hall–Kier alpha value is -4.51. The van der Waals surface area contributed by atoms with Gasteiger partial charge in [0.25, 0.3) is 0 Å². The van der Waals surface area contributed by atoms with E-state index < -0.39 is 6.09 Å². The molecule has 0 saturated heterocycles. The molecule has 0 aliphatic rings. The Morgan fingerprint density at radius 1 is 0.884 bits per heavy atom. The Kier molecular flexibility index (Phi) is 11.4. The molecule has 10 nitrogen and oxygen atoms in total. The van der Waals surface area contributed by atoms with E-state index in [4.69, 9.17) is 4.74 Å². The van der Waals surface area contributed by atoms with Crippen molar-refractivity contribution in [3.63, 3.8) is 0 Å². The van der Waals surface area contributed by atoms with E-state index in [2.05, 4.69) is 26.1 Å². The fraction of sp³-hybridized carbons (Fsp3) is 0.344. The molecule has 0 aliphatic heterocycles. The van der Waals surface area contributed by atoms with E-state index in [0.29, 0.717) is 18.2 Å². The van der Waals surface area contributed by atoms with Crippen LogP contribution in [0, 0.1) is 0 Å². The van der Waals surface area contributed by atoms with Crippen LogP contribution in [-0.4, -0.2) is 39.3 Å². The summed E-state index contributed by atoms with van der Waals surface area (Å²) in [5.41, 5.74) is 3.84. The zero-order valence-corrected chi connectivity index (χ0v) is 25.6. The number of aryl methyl sites for hydroxylation is 2. The van der Waals surface area contributed by atoms with Gasteiger partial charge in [0, 0.05) is 19.2 Å². The predicted octanol–water partition coefficient (Wildman–Crippen LogP) is 5.61. The van der Waals surface area contributed by atoms with Crippen LogP contribution in [0.5, 0.6) is 0 Å². The van der Waals surface area contributed by atoms with E-state index >= 15 is 0 Å². The molecule has 4 aromatic rings. The van der Waals surface area contributed by atoms with Crippen molar-refractivity contribution in [1.29, 1.82) is 0 Å². The number of aromatic nitrogens is 3. The van der Waals surface area contributed by atoms with Gasteiger partial charge in [-0.05, 0) is 61.9 Å². The van der Waals surface area contributed by atoms with Gasteiger partial charge in [-0.15, -0.1) is 10.2 Å². The van der Waals surface area contributed by atoms with Crippen LogP contribution in [0.3, 0.4) is 0 Å². The molecule has 11 heteroatoms. The van der Waals surface area contributed by atoms with Crippen molar-refractivity contribution in [3.05, 3.63) is 94.1 Å². The van der Waals surface area contributed by atoms with E-state index in [1.165, 1.54) is 11.3 Å². The second-order valence-electron chi connectivity index (χ2n) is 10.2. The third-order valence-electron chi connectivity index (χ3n) is 6.91. The molecule has 0 fully saturated rings. The standard InChI is InChI=1S/C32H38N6O4S/c1-4-42-32(41)33-22(2)25-14-10-13-24(19-25)21-28(39)34-27-18-17-26(38(27)3)15-8-9-16-30-36-37-31(43-30)35-29(40)20-23-11-6-5-7-12-23/h5-7,10-14,17-19,22H,4,8-9,15-16,20-21H2,1-3H3,(H,33,41)(H,34,39)(H,35,37,40). The number of unbranched alkanes of at least 4 members (excludes halogenated alkanes) is 1. The van der Waals surface area contributed by atoms with Crippen LogP contribution in [0.2, 0.25) is 0 Å². The number of hydrogen-bond acceptors (Lipinski definition) is 7. The SMILES string of the molecule is CCOC(=O)NC(C)c1cccc(CC(=O)Nc2ccc(CCCCc3nnc(NC(=O)Cc4ccccc4)s3)n2C)c1. The number of nitrogens with one attached hydrogen (secondary N) is 3. The Balaban J connectivity index is 1.19. The Morgan fingerprint density at radius 3 is 2.40 bits per heavy atom. The monoisotopic (exact) mass is 602 g/mol. The summed E-state index contributed by atoms with van der Waals surface area (Å²) in [6, 6.07) is 20.9. The van der Waals surface area contributed by atoms with Gasteiger partial charge in [0.05, 0.1) is 25.5 Å². The van der Waals surface area contributed by atoms with Gasteiger partial charge < -0.3 is 25.3 Å². The first kappa shape index (κ1) is 31.4. The first-order valence-electron chi connectivity index (χ1n) is 14.4. The van der Waals surface area contributed by atoms with E-state index in [1.807, 2.05) is 85.3 Å². The molecule has 0 saturated carbocycles. The molecule has 3 amide bonds. The zero-order valence-electron chi connectivity index (χ0n) is 24.8. The van der Waals surface area contributed by atoms with Gasteiger partial charge in [0.15, 0.2) is 0 Å². The highest BCUT2D eigenvalue weighted by atomic mass is 32.1. The first-order chi connectivity index (χ1) is 20.8. The number of amides is 3. The Labute approximate surface area is 255 Å². The minimum absolute atomic E-state index is 0.105. The van der Waals surface area contributed by atoms with Crippen molar-refractivity contribution >= 4 is 40.2 Å². The number of carbonyl (C=O) groups excluding carboxylic acids is 3. The average molecular weight is 603 g/mol. The summed E-state index contributed by atoms with van der Waals surface area (Å²) in [4.78, 5) is 36.8. The summed E-state index contributed by atoms with van der Waals surface area (Å²) in [7, 11) is 1.95. The molecular formula is C32H38N6O4S. The summed E-state index contributed by atoms with van der Waals surface area (Å²) in [6.45, 7) is 3.94. The minimum Gasteiger partial charge on any atom is -0.450 e. The van der Waals surface area contributed by atoms with Gasteiger partial charge >= 0.3 is 6.09 Å². The molecule has 0 aliphatic carbocycles. The Bertz CT molecular complexity index is 1520. The Morgan fingerprint density at radius 2 is 1.60 bits per heavy atom. The van der Waals surface area contributed by atoms with Crippen LogP contribution in [0.25, 0.3) is 0 Å². The zero-order chi connectivity index (χ0) is 30.6. The molecule has 2 heterocycles. The van der Waals surface area contributed by atoms with E-state index in [0.717, 1.165) is 58.9 Å². The quantitative estimate of drug-likeness (QED) is 0.161. The maximum atomic E-state index is 12.8. The van der Waals surface area contributed by atoms with Gasteiger partial charge in [0.2, 0.25) is 16.9 Å².